The number of nitrogens with one attached hydrogen (secondary N) is 1. The molecule has 0 radical (unpaired) electrons. The first kappa shape index (κ1) is 15.6. The number of benzene rings is 1. The van der Waals surface area contributed by atoms with Crippen LogP contribution in [0.15, 0.2) is 23.0 Å². The zero-order chi connectivity index (χ0) is 15.8. The SMILES string of the molecule is COc1ccc(Cl)cc1-c1nc(C(C)(C)C)[nH]c(=O)c1C. The van der Waals surface area contributed by atoms with Gasteiger partial charge in [-0.05, 0) is 25.1 Å². The third-order valence-corrected chi connectivity index (χ3v) is 3.51. The third kappa shape index (κ3) is 3.10. The van der Waals surface area contributed by atoms with E-state index in [4.69, 9.17) is 16.3 Å². The molecule has 0 amide bonds. The Hall–Kier alpha value is -1.81. The number of rotatable bonds is 2. The number of aromatic nitrogens is 2. The minimum Gasteiger partial charge on any atom is -0.496 e. The molecule has 0 aliphatic carbocycles. The largest absolute Gasteiger partial charge is 0.496 e. The average molecular weight is 307 g/mol. The van der Waals surface area contributed by atoms with Gasteiger partial charge in [-0.25, -0.2) is 4.98 Å². The molecule has 0 unspecified atom stereocenters. The van der Waals surface area contributed by atoms with Gasteiger partial charge in [-0.2, -0.15) is 0 Å². The van der Waals surface area contributed by atoms with Crippen LogP contribution in [0, 0.1) is 6.92 Å². The molecule has 0 saturated carbocycles. The van der Waals surface area contributed by atoms with E-state index in [1.54, 1.807) is 32.2 Å². The molecule has 1 aromatic carbocycles. The summed E-state index contributed by atoms with van der Waals surface area (Å²) in [6.45, 7) is 7.74. The maximum atomic E-state index is 12.2. The van der Waals surface area contributed by atoms with Crippen molar-refractivity contribution in [2.24, 2.45) is 0 Å². The highest BCUT2D eigenvalue weighted by Gasteiger charge is 2.21. The second-order valence-electron chi connectivity index (χ2n) is 5.98. The molecule has 5 heteroatoms. The van der Waals surface area contributed by atoms with E-state index in [9.17, 15) is 4.79 Å². The molecule has 0 fully saturated rings. The van der Waals surface area contributed by atoms with Crippen molar-refractivity contribution in [2.45, 2.75) is 33.1 Å². The summed E-state index contributed by atoms with van der Waals surface area (Å²) >= 11 is 6.08. The van der Waals surface area contributed by atoms with Crippen LogP contribution in [0.3, 0.4) is 0 Å². The summed E-state index contributed by atoms with van der Waals surface area (Å²) in [5, 5.41) is 0.574. The lowest BCUT2D eigenvalue weighted by molar-refractivity contribution is 0.416. The number of ether oxygens (including phenoxy) is 1. The Balaban J connectivity index is 2.78. The van der Waals surface area contributed by atoms with Gasteiger partial charge < -0.3 is 9.72 Å². The molecule has 4 nitrogen and oxygen atoms in total. The molecule has 0 aliphatic rings. The van der Waals surface area contributed by atoms with Gasteiger partial charge in [0.1, 0.15) is 11.6 Å². The molecule has 0 spiro atoms. The molecule has 112 valence electrons. The van der Waals surface area contributed by atoms with E-state index < -0.39 is 0 Å². The number of halogens is 1. The van der Waals surface area contributed by atoms with Gasteiger partial charge >= 0.3 is 0 Å². The van der Waals surface area contributed by atoms with Gasteiger partial charge in [-0.1, -0.05) is 32.4 Å². The van der Waals surface area contributed by atoms with Crippen LogP contribution >= 0.6 is 11.6 Å². The van der Waals surface area contributed by atoms with Gasteiger partial charge in [-0.15, -0.1) is 0 Å². The summed E-state index contributed by atoms with van der Waals surface area (Å²) in [5.41, 5.74) is 1.46. The summed E-state index contributed by atoms with van der Waals surface area (Å²) in [6.07, 6.45) is 0. The van der Waals surface area contributed by atoms with Crippen molar-refractivity contribution in [3.63, 3.8) is 0 Å². The lowest BCUT2D eigenvalue weighted by Gasteiger charge is -2.19. The van der Waals surface area contributed by atoms with Crippen molar-refractivity contribution in [3.8, 4) is 17.0 Å². The molecular formula is C16H19ClN2O2. The normalized spacial score (nSPS) is 11.5. The molecule has 0 saturated heterocycles. The maximum absolute atomic E-state index is 12.2. The van der Waals surface area contributed by atoms with E-state index >= 15 is 0 Å². The lowest BCUT2D eigenvalue weighted by Crippen LogP contribution is -2.24. The zero-order valence-corrected chi connectivity index (χ0v) is 13.6. The Morgan fingerprint density at radius 2 is 1.95 bits per heavy atom. The number of H-pyrrole nitrogens is 1. The molecule has 0 bridgehead atoms. The molecule has 21 heavy (non-hydrogen) atoms. The second kappa shape index (κ2) is 5.53. The average Bonchev–Trinajstić information content (AvgIpc) is 2.40. The summed E-state index contributed by atoms with van der Waals surface area (Å²) in [4.78, 5) is 19.7. The highest BCUT2D eigenvalue weighted by atomic mass is 35.5. The Morgan fingerprint density at radius 1 is 1.29 bits per heavy atom. The minimum absolute atomic E-state index is 0.146. The smallest absolute Gasteiger partial charge is 0.254 e. The first-order valence-corrected chi connectivity index (χ1v) is 7.07. The molecule has 0 atom stereocenters. The van der Waals surface area contributed by atoms with Crippen molar-refractivity contribution >= 4 is 11.6 Å². The fraction of sp³-hybridized carbons (Fsp3) is 0.375. The van der Waals surface area contributed by atoms with Crippen molar-refractivity contribution in [1.82, 2.24) is 9.97 Å². The van der Waals surface area contributed by atoms with Gasteiger partial charge in [0.15, 0.2) is 0 Å². The summed E-state index contributed by atoms with van der Waals surface area (Å²) in [5.74, 6) is 1.27. The van der Waals surface area contributed by atoms with E-state index in [-0.39, 0.29) is 11.0 Å². The minimum atomic E-state index is -0.257. The molecule has 1 N–H and O–H groups in total. The molecule has 0 aliphatic heterocycles. The molecular weight excluding hydrogens is 288 g/mol. The van der Waals surface area contributed by atoms with E-state index in [1.165, 1.54) is 0 Å². The molecule has 1 heterocycles. The van der Waals surface area contributed by atoms with E-state index in [2.05, 4.69) is 9.97 Å². The van der Waals surface area contributed by atoms with Crippen molar-refractivity contribution < 1.29 is 4.74 Å². The Morgan fingerprint density at radius 3 is 2.52 bits per heavy atom. The number of aromatic amines is 1. The lowest BCUT2D eigenvalue weighted by atomic mass is 9.95. The van der Waals surface area contributed by atoms with Crippen molar-refractivity contribution in [2.75, 3.05) is 7.11 Å². The number of nitrogens with zero attached hydrogens (tertiary/aromatic N) is 1. The monoisotopic (exact) mass is 306 g/mol. The van der Waals surface area contributed by atoms with Crippen LogP contribution in [0.5, 0.6) is 5.75 Å². The predicted molar refractivity (Wildman–Crippen MR) is 85.3 cm³/mol. The highest BCUT2D eigenvalue weighted by Crippen LogP contribution is 2.33. The Kier molecular flexibility index (Phi) is 4.10. The van der Waals surface area contributed by atoms with Crippen LogP contribution in [0.2, 0.25) is 5.02 Å². The number of hydrogen-bond donors (Lipinski definition) is 1. The van der Waals surface area contributed by atoms with Crippen LogP contribution in [-0.4, -0.2) is 17.1 Å². The predicted octanol–water partition coefficient (Wildman–Crippen LogP) is 3.70. The van der Waals surface area contributed by atoms with Crippen LogP contribution in [0.1, 0.15) is 32.2 Å². The van der Waals surface area contributed by atoms with Crippen molar-refractivity contribution in [1.29, 1.82) is 0 Å². The quantitative estimate of drug-likeness (QED) is 0.920. The summed E-state index contributed by atoms with van der Waals surface area (Å²) in [7, 11) is 1.58. The van der Waals surface area contributed by atoms with Gasteiger partial charge in [0.05, 0.1) is 12.8 Å². The standard InChI is InChI=1S/C16H19ClN2O2/c1-9-13(11-8-10(17)6-7-12(11)21-5)18-15(16(2,3)4)19-14(9)20/h6-8H,1-5H3,(H,18,19,20). The van der Waals surface area contributed by atoms with E-state index in [1.807, 2.05) is 20.8 Å². The summed E-state index contributed by atoms with van der Waals surface area (Å²) in [6, 6.07) is 5.29. The van der Waals surface area contributed by atoms with Gasteiger partial charge in [0, 0.05) is 21.6 Å². The van der Waals surface area contributed by atoms with Gasteiger partial charge in [-0.3, -0.25) is 4.79 Å². The Bertz CT molecular complexity index is 730. The van der Waals surface area contributed by atoms with Gasteiger partial charge in [0.25, 0.3) is 5.56 Å². The second-order valence-corrected chi connectivity index (χ2v) is 6.42. The van der Waals surface area contributed by atoms with E-state index in [0.717, 1.165) is 5.56 Å². The zero-order valence-electron chi connectivity index (χ0n) is 12.9. The number of hydrogen-bond acceptors (Lipinski definition) is 3. The first-order chi connectivity index (χ1) is 9.74. The topological polar surface area (TPSA) is 55.0 Å². The fourth-order valence-electron chi connectivity index (χ4n) is 2.02. The van der Waals surface area contributed by atoms with Crippen LogP contribution < -0.4 is 10.3 Å². The molecule has 1 aromatic heterocycles. The van der Waals surface area contributed by atoms with Crippen LogP contribution in [0.4, 0.5) is 0 Å². The summed E-state index contributed by atoms with van der Waals surface area (Å²) < 4.78 is 5.36. The van der Waals surface area contributed by atoms with E-state index in [0.29, 0.717) is 27.9 Å². The first-order valence-electron chi connectivity index (χ1n) is 6.69. The van der Waals surface area contributed by atoms with Crippen LogP contribution in [-0.2, 0) is 5.41 Å². The Labute approximate surface area is 129 Å². The third-order valence-electron chi connectivity index (χ3n) is 3.28. The van der Waals surface area contributed by atoms with Gasteiger partial charge in [0.2, 0.25) is 0 Å². The maximum Gasteiger partial charge on any atom is 0.254 e. The highest BCUT2D eigenvalue weighted by molar-refractivity contribution is 6.31. The molecule has 2 aromatic rings. The fourth-order valence-corrected chi connectivity index (χ4v) is 2.19. The van der Waals surface area contributed by atoms with Crippen LogP contribution in [0.25, 0.3) is 11.3 Å². The molecule has 2 rings (SSSR count). The van der Waals surface area contributed by atoms with Crippen molar-refractivity contribution in [3.05, 3.63) is 45.0 Å². The number of methoxy groups -OCH3 is 1.